The molecular formula is C7H16N4. The molecule has 0 aromatic heterocycles. The predicted molar refractivity (Wildman–Crippen MR) is 44.2 cm³/mol. The Labute approximate surface area is 67.1 Å². The van der Waals surface area contributed by atoms with Crippen molar-refractivity contribution in [2.24, 2.45) is 0 Å². The van der Waals surface area contributed by atoms with E-state index in [-0.39, 0.29) is 5.66 Å². The second kappa shape index (κ2) is 2.71. The highest BCUT2D eigenvalue weighted by Gasteiger charge is 2.37. The van der Waals surface area contributed by atoms with Crippen molar-refractivity contribution in [3.63, 3.8) is 0 Å². The first-order valence-electron chi connectivity index (χ1n) is 4.28. The first kappa shape index (κ1) is 7.49. The quantitative estimate of drug-likeness (QED) is 0.370. The average Bonchev–Trinajstić information content (AvgIpc) is 2.55. The van der Waals surface area contributed by atoms with Crippen LogP contribution in [-0.2, 0) is 0 Å². The molecule has 0 spiro atoms. The fourth-order valence-electron chi connectivity index (χ4n) is 1.82. The van der Waals surface area contributed by atoms with Gasteiger partial charge in [-0.3, -0.25) is 21.3 Å². The summed E-state index contributed by atoms with van der Waals surface area (Å²) >= 11 is 0. The summed E-state index contributed by atoms with van der Waals surface area (Å²) < 4.78 is 0. The summed E-state index contributed by atoms with van der Waals surface area (Å²) in [6, 6.07) is 0. The lowest BCUT2D eigenvalue weighted by Gasteiger charge is -2.31. The summed E-state index contributed by atoms with van der Waals surface area (Å²) in [7, 11) is 0. The Hall–Kier alpha value is -0.160. The maximum absolute atomic E-state index is 3.44. The molecule has 2 rings (SSSR count). The van der Waals surface area contributed by atoms with E-state index in [4.69, 9.17) is 0 Å². The lowest BCUT2D eigenvalue weighted by atomic mass is 10.1. The molecule has 4 nitrogen and oxygen atoms in total. The molecule has 2 heterocycles. The third kappa shape index (κ3) is 1.27. The van der Waals surface area contributed by atoms with Gasteiger partial charge in [0, 0.05) is 26.2 Å². The highest BCUT2D eigenvalue weighted by molar-refractivity contribution is 4.97. The van der Waals surface area contributed by atoms with Crippen LogP contribution >= 0.6 is 0 Å². The lowest BCUT2D eigenvalue weighted by Crippen LogP contribution is -2.63. The van der Waals surface area contributed by atoms with Crippen LogP contribution in [0, 0.1) is 0 Å². The van der Waals surface area contributed by atoms with Crippen molar-refractivity contribution in [2.75, 3.05) is 26.2 Å². The van der Waals surface area contributed by atoms with Crippen LogP contribution in [0.25, 0.3) is 0 Å². The zero-order valence-corrected chi connectivity index (χ0v) is 6.91. The Bertz CT molecular complexity index is 135. The van der Waals surface area contributed by atoms with Crippen LogP contribution in [0.4, 0.5) is 0 Å². The zero-order valence-electron chi connectivity index (χ0n) is 6.91. The highest BCUT2D eigenvalue weighted by Crippen LogP contribution is 2.09. The summed E-state index contributed by atoms with van der Waals surface area (Å²) in [4.78, 5) is 0. The van der Waals surface area contributed by atoms with Crippen molar-refractivity contribution >= 4 is 0 Å². The van der Waals surface area contributed by atoms with Gasteiger partial charge < -0.3 is 0 Å². The number of rotatable bonds is 1. The van der Waals surface area contributed by atoms with Gasteiger partial charge in [0.1, 0.15) is 0 Å². The van der Waals surface area contributed by atoms with Gasteiger partial charge in [-0.1, -0.05) is 0 Å². The van der Waals surface area contributed by atoms with Crippen LogP contribution in [-0.4, -0.2) is 38.0 Å². The summed E-state index contributed by atoms with van der Waals surface area (Å²) in [5.41, 5.74) is 0.0521. The minimum absolute atomic E-state index is 0.0521. The van der Waals surface area contributed by atoms with Gasteiger partial charge in [0.25, 0.3) is 0 Å². The molecule has 64 valence electrons. The van der Waals surface area contributed by atoms with E-state index in [9.17, 15) is 0 Å². The third-order valence-corrected chi connectivity index (χ3v) is 2.51. The van der Waals surface area contributed by atoms with Crippen molar-refractivity contribution in [2.45, 2.75) is 18.8 Å². The molecule has 0 aromatic rings. The minimum atomic E-state index is 0.0521. The molecule has 0 saturated carbocycles. The third-order valence-electron chi connectivity index (χ3n) is 2.51. The van der Waals surface area contributed by atoms with E-state index in [1.807, 2.05) is 0 Å². The monoisotopic (exact) mass is 156 g/mol. The van der Waals surface area contributed by atoms with Crippen LogP contribution in [0.3, 0.4) is 0 Å². The van der Waals surface area contributed by atoms with E-state index in [0.717, 1.165) is 26.2 Å². The molecule has 0 aliphatic carbocycles. The second-order valence-corrected chi connectivity index (χ2v) is 3.40. The molecule has 11 heavy (non-hydrogen) atoms. The highest BCUT2D eigenvalue weighted by atomic mass is 15.4. The van der Waals surface area contributed by atoms with Gasteiger partial charge in [-0.25, -0.2) is 0 Å². The number of hydrogen-bond donors (Lipinski definition) is 4. The Morgan fingerprint density at radius 1 is 1.00 bits per heavy atom. The van der Waals surface area contributed by atoms with Gasteiger partial charge in [-0.15, -0.1) is 0 Å². The molecule has 4 N–H and O–H groups in total. The lowest BCUT2D eigenvalue weighted by molar-refractivity contribution is 0.258. The molecule has 2 fully saturated rings. The molecule has 0 radical (unpaired) electrons. The fraction of sp³-hybridized carbons (Fsp3) is 1.00. The molecule has 4 heteroatoms. The maximum atomic E-state index is 3.44. The second-order valence-electron chi connectivity index (χ2n) is 3.40. The molecular weight excluding hydrogens is 140 g/mol. The van der Waals surface area contributed by atoms with Gasteiger partial charge in [-0.05, 0) is 6.92 Å². The Kier molecular flexibility index (Phi) is 1.85. The van der Waals surface area contributed by atoms with Crippen LogP contribution in [0.1, 0.15) is 6.92 Å². The zero-order chi connectivity index (χ0) is 7.73. The van der Waals surface area contributed by atoms with E-state index in [1.54, 1.807) is 0 Å². The SMILES string of the molecule is CC1(C2NCCN2)NCCN1. The molecule has 0 unspecified atom stereocenters. The number of hydrogen-bond acceptors (Lipinski definition) is 4. The largest absolute Gasteiger partial charge is 0.298 e. The fourth-order valence-corrected chi connectivity index (χ4v) is 1.82. The molecule has 2 aliphatic heterocycles. The van der Waals surface area contributed by atoms with Crippen molar-refractivity contribution in [1.29, 1.82) is 0 Å². The molecule has 2 aliphatic rings. The van der Waals surface area contributed by atoms with Crippen LogP contribution in [0.5, 0.6) is 0 Å². The Balaban J connectivity index is 2.00. The minimum Gasteiger partial charge on any atom is -0.298 e. The molecule has 2 saturated heterocycles. The van der Waals surface area contributed by atoms with Crippen molar-refractivity contribution < 1.29 is 0 Å². The van der Waals surface area contributed by atoms with Crippen LogP contribution < -0.4 is 21.3 Å². The Morgan fingerprint density at radius 3 is 2.09 bits per heavy atom. The van der Waals surface area contributed by atoms with Gasteiger partial charge in [0.2, 0.25) is 0 Å². The number of nitrogens with one attached hydrogen (secondary N) is 4. The molecule has 0 bridgehead atoms. The van der Waals surface area contributed by atoms with Crippen molar-refractivity contribution in [3.8, 4) is 0 Å². The van der Waals surface area contributed by atoms with E-state index in [1.165, 1.54) is 0 Å². The summed E-state index contributed by atoms with van der Waals surface area (Å²) in [5.74, 6) is 0. The van der Waals surface area contributed by atoms with E-state index >= 15 is 0 Å². The molecule has 0 amide bonds. The van der Waals surface area contributed by atoms with Gasteiger partial charge in [0.15, 0.2) is 0 Å². The average molecular weight is 156 g/mol. The summed E-state index contributed by atoms with van der Waals surface area (Å²) in [6.07, 6.45) is 0.380. The van der Waals surface area contributed by atoms with E-state index in [2.05, 4.69) is 28.2 Å². The van der Waals surface area contributed by atoms with E-state index in [0.29, 0.717) is 6.17 Å². The Morgan fingerprint density at radius 2 is 1.55 bits per heavy atom. The normalized spacial score (nSPS) is 31.4. The summed E-state index contributed by atoms with van der Waals surface area (Å²) in [5, 5.41) is 13.7. The predicted octanol–water partition coefficient (Wildman–Crippen LogP) is -1.59. The van der Waals surface area contributed by atoms with Gasteiger partial charge >= 0.3 is 0 Å². The topological polar surface area (TPSA) is 48.1 Å². The maximum Gasteiger partial charge on any atom is 0.0952 e. The van der Waals surface area contributed by atoms with E-state index < -0.39 is 0 Å². The molecule has 0 atom stereocenters. The van der Waals surface area contributed by atoms with Crippen LogP contribution in [0.15, 0.2) is 0 Å². The van der Waals surface area contributed by atoms with Crippen LogP contribution in [0.2, 0.25) is 0 Å². The first-order valence-corrected chi connectivity index (χ1v) is 4.28. The van der Waals surface area contributed by atoms with Crippen molar-refractivity contribution in [3.05, 3.63) is 0 Å². The van der Waals surface area contributed by atoms with Crippen molar-refractivity contribution in [1.82, 2.24) is 21.3 Å². The molecule has 0 aromatic carbocycles. The van der Waals surface area contributed by atoms with Gasteiger partial charge in [0.05, 0.1) is 11.8 Å². The first-order chi connectivity index (χ1) is 5.31. The standard InChI is InChI=1S/C7H16N4/c1-7(10-4-5-11-7)6-8-2-3-9-6/h6,8-11H,2-5H2,1H3. The smallest absolute Gasteiger partial charge is 0.0952 e. The summed E-state index contributed by atoms with van der Waals surface area (Å²) in [6.45, 7) is 6.47. The van der Waals surface area contributed by atoms with Gasteiger partial charge in [-0.2, -0.15) is 0 Å².